The molecule has 2 aromatic rings. The number of rotatable bonds is 4. The number of hydrogen-bond acceptors (Lipinski definition) is 4. The Labute approximate surface area is 160 Å². The molecular formula is C18H17F3N2O4S. The molecule has 0 fully saturated rings. The van der Waals surface area contributed by atoms with Gasteiger partial charge >= 0.3 is 6.18 Å². The summed E-state index contributed by atoms with van der Waals surface area (Å²) in [5.41, 5.74) is -0.359. The molecular weight excluding hydrogens is 397 g/mol. The van der Waals surface area contributed by atoms with Crippen LogP contribution in [0.3, 0.4) is 0 Å². The molecule has 6 nitrogen and oxygen atoms in total. The number of carbonyl (C=O) groups excluding carboxylic acids is 1. The Morgan fingerprint density at radius 1 is 1.18 bits per heavy atom. The summed E-state index contributed by atoms with van der Waals surface area (Å²) < 4.78 is 69.4. The van der Waals surface area contributed by atoms with Gasteiger partial charge in [0.2, 0.25) is 10.0 Å². The Hall–Kier alpha value is -2.75. The monoisotopic (exact) mass is 414 g/mol. The zero-order valence-electron chi connectivity index (χ0n) is 14.7. The Morgan fingerprint density at radius 2 is 1.82 bits per heavy atom. The van der Waals surface area contributed by atoms with E-state index >= 15 is 0 Å². The third-order valence-corrected chi connectivity index (χ3v) is 5.95. The normalized spacial score (nSPS) is 16.9. The molecule has 0 spiro atoms. The standard InChI is InChI=1S/C18H17F3N2O4S/c1-2-28(25,26)23-11-16(27-15-6-4-3-5-14(15)23)17(24)22-13-9-7-12(8-10-13)18(19,20)21/h3-10,16H,2,11H2,1H3,(H,22,24)/t16-/m1/s1. The average molecular weight is 414 g/mol. The molecule has 1 N–H and O–H groups in total. The lowest BCUT2D eigenvalue weighted by Gasteiger charge is -2.34. The number of hydrogen-bond donors (Lipinski definition) is 1. The van der Waals surface area contributed by atoms with Gasteiger partial charge in [-0.05, 0) is 43.3 Å². The van der Waals surface area contributed by atoms with Crippen LogP contribution < -0.4 is 14.4 Å². The maximum atomic E-state index is 12.6. The van der Waals surface area contributed by atoms with Gasteiger partial charge in [0.15, 0.2) is 6.10 Å². The van der Waals surface area contributed by atoms with Crippen molar-refractivity contribution in [2.24, 2.45) is 0 Å². The van der Waals surface area contributed by atoms with E-state index in [-0.39, 0.29) is 23.7 Å². The number of alkyl halides is 3. The highest BCUT2D eigenvalue weighted by molar-refractivity contribution is 7.92. The van der Waals surface area contributed by atoms with Crippen molar-refractivity contribution in [3.8, 4) is 5.75 Å². The molecule has 1 aliphatic heterocycles. The zero-order chi connectivity index (χ0) is 20.5. The first kappa shape index (κ1) is 20.0. The second-order valence-corrected chi connectivity index (χ2v) is 8.25. The molecule has 0 saturated heterocycles. The highest BCUT2D eigenvalue weighted by Crippen LogP contribution is 2.35. The number of amides is 1. The second-order valence-electron chi connectivity index (χ2n) is 6.07. The highest BCUT2D eigenvalue weighted by atomic mass is 32.2. The number of halogens is 3. The summed E-state index contributed by atoms with van der Waals surface area (Å²) in [6.45, 7) is 1.25. The van der Waals surface area contributed by atoms with Crippen LogP contribution >= 0.6 is 0 Å². The Morgan fingerprint density at radius 3 is 2.43 bits per heavy atom. The molecule has 1 heterocycles. The van der Waals surface area contributed by atoms with E-state index < -0.39 is 33.8 Å². The first-order valence-electron chi connectivity index (χ1n) is 8.36. The first-order valence-corrected chi connectivity index (χ1v) is 9.97. The molecule has 1 atom stereocenters. The topological polar surface area (TPSA) is 75.7 Å². The van der Waals surface area contributed by atoms with E-state index in [9.17, 15) is 26.4 Å². The van der Waals surface area contributed by atoms with Crippen molar-refractivity contribution in [3.63, 3.8) is 0 Å². The predicted octanol–water partition coefficient (Wildman–Crippen LogP) is 3.26. The molecule has 28 heavy (non-hydrogen) atoms. The molecule has 0 unspecified atom stereocenters. The van der Waals surface area contributed by atoms with Crippen molar-refractivity contribution >= 4 is 27.3 Å². The number of fused-ring (bicyclic) bond motifs is 1. The van der Waals surface area contributed by atoms with Crippen LogP contribution in [0.5, 0.6) is 5.75 Å². The Balaban J connectivity index is 1.81. The van der Waals surface area contributed by atoms with Crippen LogP contribution in [0.25, 0.3) is 0 Å². The van der Waals surface area contributed by atoms with Crippen LogP contribution in [-0.2, 0) is 21.0 Å². The van der Waals surface area contributed by atoms with E-state index in [0.717, 1.165) is 28.6 Å². The molecule has 0 saturated carbocycles. The van der Waals surface area contributed by atoms with E-state index in [1.165, 1.54) is 6.92 Å². The number of carbonyl (C=O) groups is 1. The van der Waals surface area contributed by atoms with Crippen molar-refractivity contribution in [3.05, 3.63) is 54.1 Å². The zero-order valence-corrected chi connectivity index (χ0v) is 15.5. The number of benzene rings is 2. The Bertz CT molecular complexity index is 975. The average Bonchev–Trinajstić information content (AvgIpc) is 2.66. The summed E-state index contributed by atoms with van der Waals surface area (Å²) in [5, 5.41) is 2.46. The first-order chi connectivity index (χ1) is 13.1. The van der Waals surface area contributed by atoms with Crippen molar-refractivity contribution in [2.45, 2.75) is 19.2 Å². The second kappa shape index (κ2) is 7.34. The fraction of sp³-hybridized carbons (Fsp3) is 0.278. The molecule has 1 amide bonds. The van der Waals surface area contributed by atoms with Gasteiger partial charge in [-0.3, -0.25) is 9.10 Å². The number of nitrogens with zero attached hydrogens (tertiary/aromatic N) is 1. The quantitative estimate of drug-likeness (QED) is 0.833. The molecule has 0 bridgehead atoms. The summed E-state index contributed by atoms with van der Waals surface area (Å²) in [7, 11) is -3.65. The van der Waals surface area contributed by atoms with E-state index in [2.05, 4.69) is 5.32 Å². The largest absolute Gasteiger partial charge is 0.476 e. The minimum Gasteiger partial charge on any atom is -0.476 e. The highest BCUT2D eigenvalue weighted by Gasteiger charge is 2.36. The summed E-state index contributed by atoms with van der Waals surface area (Å²) in [6, 6.07) is 10.4. The van der Waals surface area contributed by atoms with Crippen LogP contribution in [0.2, 0.25) is 0 Å². The van der Waals surface area contributed by atoms with Crippen LogP contribution in [-0.4, -0.2) is 32.7 Å². The Kier molecular flexibility index (Phi) is 5.24. The van der Waals surface area contributed by atoms with Gasteiger partial charge in [0.05, 0.1) is 23.5 Å². The summed E-state index contributed by atoms with van der Waals surface area (Å²) in [5.74, 6) is -0.585. The summed E-state index contributed by atoms with van der Waals surface area (Å²) in [4.78, 5) is 12.5. The maximum absolute atomic E-state index is 12.6. The number of anilines is 2. The van der Waals surface area contributed by atoms with Gasteiger partial charge in [-0.15, -0.1) is 0 Å². The third kappa shape index (κ3) is 4.06. The van der Waals surface area contributed by atoms with Crippen molar-refractivity contribution in [2.75, 3.05) is 21.9 Å². The molecule has 10 heteroatoms. The van der Waals surface area contributed by atoms with Crippen LogP contribution in [0.1, 0.15) is 12.5 Å². The van der Waals surface area contributed by atoms with Crippen LogP contribution in [0.15, 0.2) is 48.5 Å². The van der Waals surface area contributed by atoms with Crippen LogP contribution in [0.4, 0.5) is 24.5 Å². The summed E-state index contributed by atoms with van der Waals surface area (Å²) >= 11 is 0. The van der Waals surface area contributed by atoms with Crippen molar-refractivity contribution in [1.29, 1.82) is 0 Å². The third-order valence-electron chi connectivity index (χ3n) is 4.21. The lowest BCUT2D eigenvalue weighted by atomic mass is 10.2. The van der Waals surface area contributed by atoms with Crippen LogP contribution in [0, 0.1) is 0 Å². The van der Waals surface area contributed by atoms with E-state index in [1.54, 1.807) is 24.3 Å². The number of ether oxygens (including phenoxy) is 1. The van der Waals surface area contributed by atoms with Gasteiger partial charge in [0.1, 0.15) is 5.75 Å². The van der Waals surface area contributed by atoms with Crippen molar-refractivity contribution < 1.29 is 31.1 Å². The molecule has 0 radical (unpaired) electrons. The molecule has 3 rings (SSSR count). The molecule has 0 aromatic heterocycles. The van der Waals surface area contributed by atoms with E-state index in [0.29, 0.717) is 5.69 Å². The van der Waals surface area contributed by atoms with Gasteiger partial charge < -0.3 is 10.1 Å². The maximum Gasteiger partial charge on any atom is 0.416 e. The number of nitrogens with one attached hydrogen (secondary N) is 1. The lowest BCUT2D eigenvalue weighted by molar-refractivity contribution is -0.137. The SMILES string of the molecule is CCS(=O)(=O)N1C[C@H](C(=O)Nc2ccc(C(F)(F)F)cc2)Oc2ccccc21. The van der Waals surface area contributed by atoms with E-state index in [1.807, 2.05) is 0 Å². The fourth-order valence-electron chi connectivity index (χ4n) is 2.72. The summed E-state index contributed by atoms with van der Waals surface area (Å²) in [6.07, 6.45) is -5.63. The van der Waals surface area contributed by atoms with Gasteiger partial charge in [0.25, 0.3) is 5.91 Å². The molecule has 2 aromatic carbocycles. The number of sulfonamides is 1. The number of para-hydroxylation sites is 2. The van der Waals surface area contributed by atoms with Gasteiger partial charge in [-0.2, -0.15) is 13.2 Å². The molecule has 1 aliphatic rings. The van der Waals surface area contributed by atoms with Gasteiger partial charge in [-0.25, -0.2) is 8.42 Å². The smallest absolute Gasteiger partial charge is 0.416 e. The molecule has 0 aliphatic carbocycles. The van der Waals surface area contributed by atoms with E-state index in [4.69, 9.17) is 4.74 Å². The fourth-order valence-corrected chi connectivity index (χ4v) is 3.85. The predicted molar refractivity (Wildman–Crippen MR) is 97.7 cm³/mol. The van der Waals surface area contributed by atoms with Gasteiger partial charge in [-0.1, -0.05) is 12.1 Å². The van der Waals surface area contributed by atoms with Gasteiger partial charge in [0, 0.05) is 5.69 Å². The minimum atomic E-state index is -4.48. The molecule has 150 valence electrons. The lowest BCUT2D eigenvalue weighted by Crippen LogP contribution is -2.49. The van der Waals surface area contributed by atoms with Crippen molar-refractivity contribution in [1.82, 2.24) is 0 Å². The minimum absolute atomic E-state index is 0.144.